The molecule has 3 atom stereocenters. The Labute approximate surface area is 91.6 Å². The minimum absolute atomic E-state index is 0.573. The summed E-state index contributed by atoms with van der Waals surface area (Å²) in [6.45, 7) is 9.53. The van der Waals surface area contributed by atoms with Crippen molar-refractivity contribution in [2.45, 2.75) is 58.2 Å². The molecule has 0 spiro atoms. The molecule has 0 aliphatic heterocycles. The summed E-state index contributed by atoms with van der Waals surface area (Å²) >= 11 is 3.82. The molecule has 1 fully saturated rings. The zero-order valence-corrected chi connectivity index (χ0v) is 11.0. The van der Waals surface area contributed by atoms with Crippen molar-refractivity contribution in [3.05, 3.63) is 0 Å². The molecule has 1 rings (SSSR count). The number of halogens is 1. The van der Waals surface area contributed by atoms with Crippen molar-refractivity contribution in [2.24, 2.45) is 17.3 Å². The Morgan fingerprint density at radius 1 is 1.38 bits per heavy atom. The summed E-state index contributed by atoms with van der Waals surface area (Å²) in [6, 6.07) is 0. The molecule has 0 aromatic heterocycles. The Balaban J connectivity index is 2.57. The van der Waals surface area contributed by atoms with Crippen molar-refractivity contribution in [1.82, 2.24) is 0 Å². The maximum absolute atomic E-state index is 3.82. The molecule has 0 aromatic carbocycles. The van der Waals surface area contributed by atoms with Gasteiger partial charge in [0.1, 0.15) is 0 Å². The van der Waals surface area contributed by atoms with Gasteiger partial charge in [-0.05, 0) is 42.9 Å². The Bertz CT molecular complexity index is 163. The molecule has 0 N–H and O–H groups in total. The maximum Gasteiger partial charge on any atom is 0.0171 e. The van der Waals surface area contributed by atoms with Gasteiger partial charge in [0.15, 0.2) is 0 Å². The molecule has 1 aliphatic rings. The van der Waals surface area contributed by atoms with E-state index >= 15 is 0 Å². The Morgan fingerprint density at radius 3 is 2.46 bits per heavy atom. The summed E-state index contributed by atoms with van der Waals surface area (Å²) < 4.78 is 0. The highest BCUT2D eigenvalue weighted by molar-refractivity contribution is 9.09. The molecular formula is C12H23Br. The van der Waals surface area contributed by atoms with Gasteiger partial charge < -0.3 is 0 Å². The normalized spacial score (nSPS) is 35.8. The van der Waals surface area contributed by atoms with Gasteiger partial charge in [0.2, 0.25) is 0 Å². The molecule has 0 aromatic rings. The van der Waals surface area contributed by atoms with E-state index in [1.54, 1.807) is 0 Å². The van der Waals surface area contributed by atoms with Crippen molar-refractivity contribution in [3.63, 3.8) is 0 Å². The van der Waals surface area contributed by atoms with E-state index in [1.165, 1.54) is 25.7 Å². The van der Waals surface area contributed by atoms with Crippen molar-refractivity contribution in [1.29, 1.82) is 0 Å². The molecule has 1 aliphatic carbocycles. The topological polar surface area (TPSA) is 0 Å². The quantitative estimate of drug-likeness (QED) is 0.624. The Hall–Kier alpha value is 0.480. The fraction of sp³-hybridized carbons (Fsp3) is 1.00. The van der Waals surface area contributed by atoms with Crippen LogP contribution in [0.15, 0.2) is 0 Å². The lowest BCUT2D eigenvalue weighted by Gasteiger charge is -2.40. The van der Waals surface area contributed by atoms with Crippen molar-refractivity contribution < 1.29 is 0 Å². The number of hydrogen-bond donors (Lipinski definition) is 0. The summed E-state index contributed by atoms with van der Waals surface area (Å²) in [7, 11) is 0. The van der Waals surface area contributed by atoms with E-state index in [1.807, 2.05) is 0 Å². The third-order valence-electron chi connectivity index (χ3n) is 3.32. The van der Waals surface area contributed by atoms with E-state index in [9.17, 15) is 0 Å². The van der Waals surface area contributed by atoms with Gasteiger partial charge in [-0.3, -0.25) is 0 Å². The standard InChI is InChI=1S/C12H23Br/c1-5-11(13)10-6-9(2)7-12(3,4)8-10/h9-11H,5-8H2,1-4H3. The van der Waals surface area contributed by atoms with Crippen LogP contribution in [0.3, 0.4) is 0 Å². The molecule has 0 bridgehead atoms. The molecule has 13 heavy (non-hydrogen) atoms. The second kappa shape index (κ2) is 4.33. The van der Waals surface area contributed by atoms with Crippen LogP contribution >= 0.6 is 15.9 Å². The lowest BCUT2D eigenvalue weighted by atomic mass is 9.67. The van der Waals surface area contributed by atoms with Gasteiger partial charge in [0, 0.05) is 4.83 Å². The SMILES string of the molecule is CCC(Br)C1CC(C)CC(C)(C)C1. The smallest absolute Gasteiger partial charge is 0.0171 e. The maximum atomic E-state index is 3.82. The third kappa shape index (κ3) is 3.27. The summed E-state index contributed by atoms with van der Waals surface area (Å²) in [5.74, 6) is 1.82. The molecular weight excluding hydrogens is 224 g/mol. The van der Waals surface area contributed by atoms with Crippen molar-refractivity contribution in [2.75, 3.05) is 0 Å². The molecule has 0 heterocycles. The van der Waals surface area contributed by atoms with Crippen molar-refractivity contribution in [3.8, 4) is 0 Å². The van der Waals surface area contributed by atoms with Gasteiger partial charge in [0.25, 0.3) is 0 Å². The average Bonchev–Trinajstić information content (AvgIpc) is 1.99. The van der Waals surface area contributed by atoms with E-state index in [4.69, 9.17) is 0 Å². The lowest BCUT2D eigenvalue weighted by Crippen LogP contribution is -2.31. The highest BCUT2D eigenvalue weighted by Gasteiger charge is 2.34. The highest BCUT2D eigenvalue weighted by Crippen LogP contribution is 2.44. The van der Waals surface area contributed by atoms with Crippen molar-refractivity contribution >= 4 is 15.9 Å². The van der Waals surface area contributed by atoms with Crippen LogP contribution in [0, 0.1) is 17.3 Å². The van der Waals surface area contributed by atoms with Gasteiger partial charge in [-0.25, -0.2) is 0 Å². The van der Waals surface area contributed by atoms with Gasteiger partial charge in [-0.2, -0.15) is 0 Å². The fourth-order valence-corrected chi connectivity index (χ4v) is 3.43. The van der Waals surface area contributed by atoms with Crippen LogP contribution in [-0.2, 0) is 0 Å². The number of hydrogen-bond acceptors (Lipinski definition) is 0. The second-order valence-corrected chi connectivity index (χ2v) is 6.77. The predicted molar refractivity (Wildman–Crippen MR) is 63.3 cm³/mol. The molecule has 0 amide bonds. The predicted octanol–water partition coefficient (Wildman–Crippen LogP) is 4.62. The average molecular weight is 247 g/mol. The lowest BCUT2D eigenvalue weighted by molar-refractivity contribution is 0.131. The van der Waals surface area contributed by atoms with Crippen LogP contribution in [-0.4, -0.2) is 4.83 Å². The molecule has 3 unspecified atom stereocenters. The van der Waals surface area contributed by atoms with E-state index in [0.29, 0.717) is 5.41 Å². The van der Waals surface area contributed by atoms with Crippen LogP contribution in [0.25, 0.3) is 0 Å². The first-order chi connectivity index (χ1) is 5.94. The monoisotopic (exact) mass is 246 g/mol. The van der Waals surface area contributed by atoms with Gasteiger partial charge in [-0.1, -0.05) is 43.6 Å². The van der Waals surface area contributed by atoms with Gasteiger partial charge in [-0.15, -0.1) is 0 Å². The molecule has 0 nitrogen and oxygen atoms in total. The van der Waals surface area contributed by atoms with E-state index in [2.05, 4.69) is 43.6 Å². The third-order valence-corrected chi connectivity index (χ3v) is 4.72. The van der Waals surface area contributed by atoms with Crippen LogP contribution in [0.4, 0.5) is 0 Å². The molecule has 1 saturated carbocycles. The second-order valence-electron chi connectivity index (χ2n) is 5.60. The fourth-order valence-electron chi connectivity index (χ4n) is 3.03. The first-order valence-electron chi connectivity index (χ1n) is 5.58. The number of alkyl halides is 1. The first-order valence-corrected chi connectivity index (χ1v) is 6.50. The minimum atomic E-state index is 0.573. The molecule has 0 saturated heterocycles. The van der Waals surface area contributed by atoms with Crippen LogP contribution in [0.2, 0.25) is 0 Å². The summed E-state index contributed by atoms with van der Waals surface area (Å²) in [4.78, 5) is 0.745. The Morgan fingerprint density at radius 2 is 2.00 bits per heavy atom. The van der Waals surface area contributed by atoms with Crippen LogP contribution in [0.1, 0.15) is 53.4 Å². The molecule has 0 radical (unpaired) electrons. The number of rotatable bonds is 2. The van der Waals surface area contributed by atoms with Crippen LogP contribution in [0.5, 0.6) is 0 Å². The summed E-state index contributed by atoms with van der Waals surface area (Å²) in [6.07, 6.45) is 5.51. The Kier molecular flexibility index (Phi) is 3.85. The highest BCUT2D eigenvalue weighted by atomic mass is 79.9. The zero-order chi connectivity index (χ0) is 10.1. The van der Waals surface area contributed by atoms with E-state index in [0.717, 1.165) is 16.7 Å². The zero-order valence-electron chi connectivity index (χ0n) is 9.44. The van der Waals surface area contributed by atoms with Crippen LogP contribution < -0.4 is 0 Å². The van der Waals surface area contributed by atoms with E-state index < -0.39 is 0 Å². The largest absolute Gasteiger partial charge is 0.0888 e. The minimum Gasteiger partial charge on any atom is -0.0888 e. The summed E-state index contributed by atoms with van der Waals surface area (Å²) in [5.41, 5.74) is 0.573. The van der Waals surface area contributed by atoms with E-state index in [-0.39, 0.29) is 0 Å². The summed E-state index contributed by atoms with van der Waals surface area (Å²) in [5, 5.41) is 0. The molecule has 78 valence electrons. The van der Waals surface area contributed by atoms with Gasteiger partial charge >= 0.3 is 0 Å². The molecule has 1 heteroatoms. The van der Waals surface area contributed by atoms with Gasteiger partial charge in [0.05, 0.1) is 0 Å². The first kappa shape index (κ1) is 11.6.